The van der Waals surface area contributed by atoms with E-state index in [4.69, 9.17) is 13.9 Å². The quantitative estimate of drug-likeness (QED) is 0.242. The van der Waals surface area contributed by atoms with Gasteiger partial charge in [0.25, 0.3) is 0 Å². The zero-order valence-corrected chi connectivity index (χ0v) is 22.7. The van der Waals surface area contributed by atoms with Gasteiger partial charge in [-0.05, 0) is 74.4 Å². The number of rotatable bonds is 9. The molecular formula is C32H36N2O5. The van der Waals surface area contributed by atoms with E-state index >= 15 is 0 Å². The Hall–Kier alpha value is -3.87. The summed E-state index contributed by atoms with van der Waals surface area (Å²) in [6, 6.07) is 17.2. The number of hydrogen-bond donors (Lipinski definition) is 0. The topological polar surface area (TPSA) is 81.9 Å². The van der Waals surface area contributed by atoms with Gasteiger partial charge in [0.05, 0.1) is 13.0 Å². The third kappa shape index (κ3) is 6.59. The molecule has 39 heavy (non-hydrogen) atoms. The molecule has 2 atom stereocenters. The lowest BCUT2D eigenvalue weighted by Gasteiger charge is -2.22. The van der Waals surface area contributed by atoms with Gasteiger partial charge in [-0.1, -0.05) is 43.2 Å². The van der Waals surface area contributed by atoms with Crippen molar-refractivity contribution in [2.24, 2.45) is 11.8 Å². The maximum atomic E-state index is 13.1. The highest BCUT2D eigenvalue weighted by Gasteiger charge is 2.36. The van der Waals surface area contributed by atoms with Gasteiger partial charge in [-0.15, -0.1) is 0 Å². The van der Waals surface area contributed by atoms with Crippen LogP contribution in [0.2, 0.25) is 0 Å². The van der Waals surface area contributed by atoms with Gasteiger partial charge in [0, 0.05) is 24.2 Å². The van der Waals surface area contributed by atoms with Crippen molar-refractivity contribution in [2.75, 3.05) is 19.7 Å². The van der Waals surface area contributed by atoms with Crippen LogP contribution in [-0.2, 0) is 20.9 Å². The lowest BCUT2D eigenvalue weighted by molar-refractivity contribution is -0.140. The van der Waals surface area contributed by atoms with E-state index in [0.29, 0.717) is 29.0 Å². The number of likely N-dealkylation sites (tertiary alicyclic amines) is 1. The number of esters is 1. The molecule has 2 aromatic carbocycles. The summed E-state index contributed by atoms with van der Waals surface area (Å²) in [7, 11) is 0. The van der Waals surface area contributed by atoms with Crippen LogP contribution in [0.5, 0.6) is 5.75 Å². The zero-order valence-electron chi connectivity index (χ0n) is 22.7. The van der Waals surface area contributed by atoms with Crippen LogP contribution < -0.4 is 4.74 Å². The van der Waals surface area contributed by atoms with E-state index in [0.717, 1.165) is 35.7 Å². The fourth-order valence-corrected chi connectivity index (χ4v) is 5.57. The van der Waals surface area contributed by atoms with Gasteiger partial charge in [0.15, 0.2) is 0 Å². The van der Waals surface area contributed by atoms with Gasteiger partial charge >= 0.3 is 5.97 Å². The largest absolute Gasteiger partial charge is 0.487 e. The van der Waals surface area contributed by atoms with Gasteiger partial charge in [-0.25, -0.2) is 9.78 Å². The van der Waals surface area contributed by atoms with E-state index in [1.807, 2.05) is 66.4 Å². The summed E-state index contributed by atoms with van der Waals surface area (Å²) in [6.07, 6.45) is 6.71. The normalized spacial score (nSPS) is 19.0. The first kappa shape index (κ1) is 26.7. The summed E-state index contributed by atoms with van der Waals surface area (Å²) in [5, 5.41) is 0. The molecule has 5 rings (SSSR count). The van der Waals surface area contributed by atoms with Crippen molar-refractivity contribution in [3.63, 3.8) is 0 Å². The maximum Gasteiger partial charge on any atom is 0.334 e. The third-order valence-corrected chi connectivity index (χ3v) is 7.72. The van der Waals surface area contributed by atoms with Crippen LogP contribution in [0.25, 0.3) is 17.5 Å². The summed E-state index contributed by atoms with van der Waals surface area (Å²) in [6.45, 7) is 5.80. The number of nitrogens with zero attached hydrogens (tertiary/aromatic N) is 2. The van der Waals surface area contributed by atoms with Crippen molar-refractivity contribution < 1.29 is 23.5 Å². The molecule has 0 N–H and O–H groups in total. The first-order chi connectivity index (χ1) is 19.0. The van der Waals surface area contributed by atoms with Crippen LogP contribution in [-0.4, -0.2) is 41.5 Å². The summed E-state index contributed by atoms with van der Waals surface area (Å²) < 4.78 is 17.0. The molecule has 7 heteroatoms. The summed E-state index contributed by atoms with van der Waals surface area (Å²) in [4.78, 5) is 32.4. The van der Waals surface area contributed by atoms with Gasteiger partial charge in [-0.2, -0.15) is 0 Å². The third-order valence-electron chi connectivity index (χ3n) is 7.72. The highest BCUT2D eigenvalue weighted by Crippen LogP contribution is 2.36. The predicted octanol–water partition coefficient (Wildman–Crippen LogP) is 6.21. The number of ether oxygens (including phenoxy) is 2. The average molecular weight is 529 g/mol. The fraction of sp³-hybridized carbons (Fsp3) is 0.406. The van der Waals surface area contributed by atoms with Gasteiger partial charge in [0.2, 0.25) is 11.8 Å². The van der Waals surface area contributed by atoms with Gasteiger partial charge in [0.1, 0.15) is 23.8 Å². The number of carbonyl (C=O) groups is 2. The number of fused-ring (bicyclic) bond motifs is 1. The maximum absolute atomic E-state index is 13.1. The Morgan fingerprint density at radius 1 is 1.03 bits per heavy atom. The molecule has 1 saturated carbocycles. The Labute approximate surface area is 229 Å². The van der Waals surface area contributed by atoms with Crippen molar-refractivity contribution in [1.29, 1.82) is 0 Å². The van der Waals surface area contributed by atoms with E-state index in [2.05, 4.69) is 4.98 Å². The molecule has 0 radical (unpaired) electrons. The molecular weight excluding hydrogens is 492 g/mol. The second-order valence-electron chi connectivity index (χ2n) is 10.4. The molecule has 1 amide bonds. The second-order valence-corrected chi connectivity index (χ2v) is 10.4. The Balaban J connectivity index is 1.23. The van der Waals surface area contributed by atoms with E-state index in [9.17, 15) is 9.59 Å². The minimum Gasteiger partial charge on any atom is -0.487 e. The number of aromatic nitrogens is 1. The first-order valence-corrected chi connectivity index (χ1v) is 13.9. The number of aryl methyl sites for hydroxylation is 1. The van der Waals surface area contributed by atoms with E-state index in [-0.39, 0.29) is 25.5 Å². The minimum absolute atomic E-state index is 0.00140. The lowest BCUT2D eigenvalue weighted by Crippen LogP contribution is -2.30. The fourth-order valence-electron chi connectivity index (χ4n) is 5.57. The van der Waals surface area contributed by atoms with Gasteiger partial charge in [-0.3, -0.25) is 4.79 Å². The molecule has 2 heterocycles. The molecule has 1 aliphatic carbocycles. The number of hydrogen-bond acceptors (Lipinski definition) is 6. The predicted molar refractivity (Wildman–Crippen MR) is 149 cm³/mol. The summed E-state index contributed by atoms with van der Waals surface area (Å²) in [5.41, 5.74) is 2.83. The molecule has 0 bridgehead atoms. The molecule has 2 fully saturated rings. The summed E-state index contributed by atoms with van der Waals surface area (Å²) >= 11 is 0. The average Bonchev–Trinajstić information content (AvgIpc) is 3.56. The first-order valence-electron chi connectivity index (χ1n) is 13.9. The Morgan fingerprint density at radius 2 is 1.72 bits per heavy atom. The standard InChI is InChI=1S/C32H36N2O5/c1-3-37-32(36)27(18-30(35)34-19-25-11-7-8-12-26(25)20-34)17-23-13-15-28(16-14-23)38-21-29-22(2)39-31(33-29)24-9-5-4-6-10-24/h4-6,9-10,13-17,25-26H,3,7-8,11-12,18-21H2,1-2H3/b27-17+/t25-,26+. The van der Waals surface area contributed by atoms with Crippen LogP contribution in [0.1, 0.15) is 56.0 Å². The lowest BCUT2D eigenvalue weighted by atomic mass is 9.82. The van der Waals surface area contributed by atoms with Crippen LogP contribution in [0.4, 0.5) is 0 Å². The molecule has 0 unspecified atom stereocenters. The molecule has 0 spiro atoms. The summed E-state index contributed by atoms with van der Waals surface area (Å²) in [5.74, 6) is 2.73. The Bertz CT molecular complexity index is 1300. The van der Waals surface area contributed by atoms with Crippen molar-refractivity contribution in [1.82, 2.24) is 9.88 Å². The molecule has 2 aliphatic rings. The Morgan fingerprint density at radius 3 is 2.38 bits per heavy atom. The smallest absolute Gasteiger partial charge is 0.334 e. The molecule has 1 aliphatic heterocycles. The monoisotopic (exact) mass is 528 g/mol. The highest BCUT2D eigenvalue weighted by atomic mass is 16.5. The zero-order chi connectivity index (χ0) is 27.2. The van der Waals surface area contributed by atoms with Crippen molar-refractivity contribution >= 4 is 18.0 Å². The van der Waals surface area contributed by atoms with E-state index in [1.54, 1.807) is 13.0 Å². The second kappa shape index (κ2) is 12.3. The van der Waals surface area contributed by atoms with Crippen LogP contribution >= 0.6 is 0 Å². The van der Waals surface area contributed by atoms with Crippen LogP contribution in [0.15, 0.2) is 64.6 Å². The van der Waals surface area contributed by atoms with Crippen LogP contribution in [0.3, 0.4) is 0 Å². The van der Waals surface area contributed by atoms with Crippen molar-refractivity contribution in [2.45, 2.75) is 52.6 Å². The number of carbonyl (C=O) groups excluding carboxylic acids is 2. The van der Waals surface area contributed by atoms with E-state index in [1.165, 1.54) is 25.7 Å². The highest BCUT2D eigenvalue weighted by molar-refractivity contribution is 5.99. The molecule has 1 saturated heterocycles. The van der Waals surface area contributed by atoms with E-state index < -0.39 is 5.97 Å². The molecule has 204 valence electrons. The SMILES string of the molecule is CCOC(=O)/C(=C/c1ccc(OCc2nc(-c3ccccc3)oc2C)cc1)CC(=O)N1C[C@H]2CCCC[C@H]2C1. The van der Waals surface area contributed by atoms with Crippen LogP contribution in [0, 0.1) is 18.8 Å². The molecule has 1 aromatic heterocycles. The minimum atomic E-state index is -0.446. The van der Waals surface area contributed by atoms with Gasteiger partial charge < -0.3 is 18.8 Å². The molecule has 7 nitrogen and oxygen atoms in total. The number of oxazole rings is 1. The molecule has 3 aromatic rings. The number of benzene rings is 2. The Kier molecular flexibility index (Phi) is 8.45. The van der Waals surface area contributed by atoms with Crippen molar-refractivity contribution in [3.8, 4) is 17.2 Å². The van der Waals surface area contributed by atoms with Crippen molar-refractivity contribution in [3.05, 3.63) is 77.2 Å². The number of amides is 1.